The van der Waals surface area contributed by atoms with E-state index in [0.717, 1.165) is 30.5 Å². The number of ether oxygens (including phenoxy) is 3. The zero-order chi connectivity index (χ0) is 24.5. The minimum atomic E-state index is -0.632. The summed E-state index contributed by atoms with van der Waals surface area (Å²) in [6.07, 6.45) is 0. The van der Waals surface area contributed by atoms with Gasteiger partial charge in [0.05, 0.1) is 44.9 Å². The first-order chi connectivity index (χ1) is 16.4. The number of methoxy groups -OCH3 is 2. The van der Waals surface area contributed by atoms with E-state index < -0.39 is 10.8 Å². The van der Waals surface area contributed by atoms with E-state index >= 15 is 0 Å². The van der Waals surface area contributed by atoms with Crippen molar-refractivity contribution < 1.29 is 28.7 Å². The summed E-state index contributed by atoms with van der Waals surface area (Å²) in [6, 6.07) is 11.5. The molecule has 0 spiro atoms. The summed E-state index contributed by atoms with van der Waals surface area (Å²) in [5.41, 5.74) is 0.759. The van der Waals surface area contributed by atoms with Crippen molar-refractivity contribution in [2.45, 2.75) is 6.04 Å². The van der Waals surface area contributed by atoms with Gasteiger partial charge in [-0.15, -0.1) is 0 Å². The normalized spacial score (nSPS) is 14.6. The van der Waals surface area contributed by atoms with Gasteiger partial charge in [0.25, 0.3) is 5.91 Å². The first kappa shape index (κ1) is 24.9. The van der Waals surface area contributed by atoms with Crippen molar-refractivity contribution in [1.29, 1.82) is 0 Å². The van der Waals surface area contributed by atoms with Crippen molar-refractivity contribution in [1.82, 2.24) is 15.5 Å². The average Bonchev–Trinajstić information content (AvgIpc) is 2.87. The van der Waals surface area contributed by atoms with E-state index in [1.54, 1.807) is 7.11 Å². The standard InChI is InChI=1S/C23H28N4O7/c1-32-18-6-3-16(4-7-18)20(26-9-11-34-12-10-26)14-24-22(28)15-25-23(29)17-5-8-21(33-2)19(13-17)27(30)31/h3-8,13,20H,9-12,14-15H2,1-2H3,(H,24,28)(H,25,29). The van der Waals surface area contributed by atoms with E-state index in [0.29, 0.717) is 19.8 Å². The summed E-state index contributed by atoms with van der Waals surface area (Å²) in [4.78, 5) is 37.6. The fourth-order valence-corrected chi connectivity index (χ4v) is 3.68. The quantitative estimate of drug-likeness (QED) is 0.393. The van der Waals surface area contributed by atoms with E-state index in [9.17, 15) is 19.7 Å². The minimum absolute atomic E-state index is 0.0481. The molecule has 1 heterocycles. The van der Waals surface area contributed by atoms with Crippen molar-refractivity contribution in [3.05, 3.63) is 63.7 Å². The Kier molecular flexibility index (Phi) is 8.77. The van der Waals surface area contributed by atoms with Gasteiger partial charge < -0.3 is 24.8 Å². The fourth-order valence-electron chi connectivity index (χ4n) is 3.68. The molecule has 182 valence electrons. The van der Waals surface area contributed by atoms with Crippen LogP contribution in [0.15, 0.2) is 42.5 Å². The molecule has 1 aliphatic heterocycles. The Labute approximate surface area is 197 Å². The topological polar surface area (TPSA) is 132 Å². The third-order valence-corrected chi connectivity index (χ3v) is 5.53. The molecular weight excluding hydrogens is 444 g/mol. The smallest absolute Gasteiger partial charge is 0.311 e. The number of rotatable bonds is 10. The molecule has 1 saturated heterocycles. The van der Waals surface area contributed by atoms with Crippen LogP contribution < -0.4 is 20.1 Å². The largest absolute Gasteiger partial charge is 0.497 e. The number of hydrogen-bond donors (Lipinski definition) is 2. The van der Waals surface area contributed by atoms with Crippen LogP contribution in [0, 0.1) is 10.1 Å². The molecule has 2 aromatic rings. The predicted molar refractivity (Wildman–Crippen MR) is 123 cm³/mol. The number of amides is 2. The molecule has 2 N–H and O–H groups in total. The molecule has 0 aromatic heterocycles. The zero-order valence-electron chi connectivity index (χ0n) is 19.1. The Bertz CT molecular complexity index is 1010. The maximum Gasteiger partial charge on any atom is 0.311 e. The molecule has 1 unspecified atom stereocenters. The Balaban J connectivity index is 1.59. The maximum atomic E-state index is 12.5. The number of nitrogens with one attached hydrogen (secondary N) is 2. The summed E-state index contributed by atoms with van der Waals surface area (Å²) in [5.74, 6) is -0.175. The number of benzene rings is 2. The highest BCUT2D eigenvalue weighted by atomic mass is 16.6. The Morgan fingerprint density at radius 2 is 1.79 bits per heavy atom. The van der Waals surface area contributed by atoms with Crippen LogP contribution in [0.2, 0.25) is 0 Å². The maximum absolute atomic E-state index is 12.5. The molecule has 34 heavy (non-hydrogen) atoms. The van der Waals surface area contributed by atoms with E-state index in [-0.39, 0.29) is 35.5 Å². The van der Waals surface area contributed by atoms with Gasteiger partial charge in [0.15, 0.2) is 5.75 Å². The van der Waals surface area contributed by atoms with Gasteiger partial charge in [-0.3, -0.25) is 24.6 Å². The van der Waals surface area contributed by atoms with Gasteiger partial charge in [-0.05, 0) is 29.8 Å². The van der Waals surface area contributed by atoms with Gasteiger partial charge in [0.2, 0.25) is 5.91 Å². The van der Waals surface area contributed by atoms with Gasteiger partial charge in [-0.25, -0.2) is 0 Å². The highest BCUT2D eigenvalue weighted by Gasteiger charge is 2.24. The van der Waals surface area contributed by atoms with Crippen molar-refractivity contribution >= 4 is 17.5 Å². The molecule has 1 aliphatic rings. The molecule has 0 bridgehead atoms. The fraction of sp³-hybridized carbons (Fsp3) is 0.391. The van der Waals surface area contributed by atoms with Crippen molar-refractivity contribution in [2.75, 3.05) is 53.6 Å². The van der Waals surface area contributed by atoms with Crippen LogP contribution in [0.1, 0.15) is 22.0 Å². The third kappa shape index (κ3) is 6.42. The number of morpholine rings is 1. The molecule has 1 atom stereocenters. The van der Waals surface area contributed by atoms with Crippen molar-refractivity contribution in [2.24, 2.45) is 0 Å². The van der Waals surface area contributed by atoms with Crippen LogP contribution in [0.4, 0.5) is 5.69 Å². The Morgan fingerprint density at radius 1 is 1.09 bits per heavy atom. The van der Waals surface area contributed by atoms with Crippen LogP contribution in [0.5, 0.6) is 11.5 Å². The molecule has 0 aliphatic carbocycles. The number of nitrogens with zero attached hydrogens (tertiary/aromatic N) is 2. The van der Waals surface area contributed by atoms with Crippen molar-refractivity contribution in [3.63, 3.8) is 0 Å². The summed E-state index contributed by atoms with van der Waals surface area (Å²) >= 11 is 0. The number of carbonyl (C=O) groups excluding carboxylic acids is 2. The SMILES string of the molecule is COc1ccc(C(CNC(=O)CNC(=O)c2ccc(OC)c([N+](=O)[O-])c2)N2CCOCC2)cc1. The first-order valence-electron chi connectivity index (χ1n) is 10.8. The van der Waals surface area contributed by atoms with Gasteiger partial charge in [-0.2, -0.15) is 0 Å². The zero-order valence-corrected chi connectivity index (χ0v) is 19.1. The molecule has 2 aromatic carbocycles. The summed E-state index contributed by atoms with van der Waals surface area (Å²) in [5, 5.41) is 16.5. The minimum Gasteiger partial charge on any atom is -0.497 e. The average molecular weight is 472 g/mol. The molecule has 11 nitrogen and oxygen atoms in total. The van der Waals surface area contributed by atoms with Gasteiger partial charge >= 0.3 is 5.69 Å². The number of nitro benzene ring substituents is 1. The first-order valence-corrected chi connectivity index (χ1v) is 10.8. The summed E-state index contributed by atoms with van der Waals surface area (Å²) < 4.78 is 15.6. The van der Waals surface area contributed by atoms with Crippen LogP contribution >= 0.6 is 0 Å². The molecule has 11 heteroatoms. The summed E-state index contributed by atoms with van der Waals surface area (Å²) in [7, 11) is 2.91. The molecular formula is C23H28N4O7. The highest BCUT2D eigenvalue weighted by Crippen LogP contribution is 2.27. The second-order valence-corrected chi connectivity index (χ2v) is 7.57. The lowest BCUT2D eigenvalue weighted by Crippen LogP contribution is -2.45. The molecule has 2 amide bonds. The second-order valence-electron chi connectivity index (χ2n) is 7.57. The molecule has 0 saturated carbocycles. The van der Waals surface area contributed by atoms with E-state index in [2.05, 4.69) is 15.5 Å². The highest BCUT2D eigenvalue weighted by molar-refractivity contribution is 5.97. The Hall–Kier alpha value is -3.70. The van der Waals surface area contributed by atoms with E-state index in [1.165, 1.54) is 19.2 Å². The third-order valence-electron chi connectivity index (χ3n) is 5.53. The number of nitro groups is 1. The number of hydrogen-bond acceptors (Lipinski definition) is 8. The van der Waals surface area contributed by atoms with Crippen LogP contribution in [-0.2, 0) is 9.53 Å². The second kappa shape index (κ2) is 12.0. The number of carbonyl (C=O) groups is 2. The van der Waals surface area contributed by atoms with Crippen LogP contribution in [0.3, 0.4) is 0 Å². The lowest BCUT2D eigenvalue weighted by Gasteiger charge is -2.35. The van der Waals surface area contributed by atoms with Crippen molar-refractivity contribution in [3.8, 4) is 11.5 Å². The van der Waals surface area contributed by atoms with Gasteiger partial charge in [0.1, 0.15) is 5.75 Å². The van der Waals surface area contributed by atoms with Gasteiger partial charge in [-0.1, -0.05) is 12.1 Å². The lowest BCUT2D eigenvalue weighted by molar-refractivity contribution is -0.385. The van der Waals surface area contributed by atoms with E-state index in [1.807, 2.05) is 24.3 Å². The van der Waals surface area contributed by atoms with Gasteiger partial charge in [0, 0.05) is 31.3 Å². The Morgan fingerprint density at radius 3 is 2.41 bits per heavy atom. The molecule has 3 rings (SSSR count). The molecule has 0 radical (unpaired) electrons. The predicted octanol–water partition coefficient (Wildman–Crippen LogP) is 1.53. The summed E-state index contributed by atoms with van der Waals surface area (Å²) in [6.45, 7) is 2.78. The van der Waals surface area contributed by atoms with Crippen LogP contribution in [0.25, 0.3) is 0 Å². The lowest BCUT2D eigenvalue weighted by atomic mass is 10.0. The molecule has 1 fully saturated rings. The van der Waals surface area contributed by atoms with Crippen LogP contribution in [-0.4, -0.2) is 75.2 Å². The monoisotopic (exact) mass is 472 g/mol. The van der Waals surface area contributed by atoms with E-state index in [4.69, 9.17) is 14.2 Å².